The molecule has 142 valence electrons. The van der Waals surface area contributed by atoms with Crippen molar-refractivity contribution in [2.75, 3.05) is 6.54 Å². The first-order chi connectivity index (χ1) is 12.9. The maximum Gasteiger partial charge on any atom is 0.247 e. The maximum atomic E-state index is 12.2. The Morgan fingerprint density at radius 1 is 1.15 bits per heavy atom. The maximum absolute atomic E-state index is 12.2. The third kappa shape index (κ3) is 4.38. The molecule has 11 heteroatoms. The number of amides is 1. The summed E-state index contributed by atoms with van der Waals surface area (Å²) < 4.78 is 37.0. The lowest BCUT2D eigenvalue weighted by Gasteiger charge is -2.06. The molecule has 0 atom stereocenters. The number of carbonyl (C=O) groups excluding carboxylic acids is 1. The van der Waals surface area contributed by atoms with E-state index in [0.717, 1.165) is 5.56 Å². The van der Waals surface area contributed by atoms with Crippen LogP contribution < -0.4 is 10.0 Å². The molecular weight excluding hydrogens is 374 g/mol. The largest absolute Gasteiger partial charge is 0.419 e. The van der Waals surface area contributed by atoms with Crippen LogP contribution in [-0.2, 0) is 21.4 Å². The Balaban J connectivity index is 1.54. The van der Waals surface area contributed by atoms with E-state index < -0.39 is 22.5 Å². The summed E-state index contributed by atoms with van der Waals surface area (Å²) in [5, 5.41) is 13.9. The van der Waals surface area contributed by atoms with E-state index in [9.17, 15) is 13.2 Å². The van der Waals surface area contributed by atoms with Gasteiger partial charge < -0.3 is 14.3 Å². The molecule has 0 aliphatic heterocycles. The van der Waals surface area contributed by atoms with Crippen LogP contribution in [0.25, 0.3) is 11.5 Å². The van der Waals surface area contributed by atoms with Crippen molar-refractivity contribution in [1.29, 1.82) is 0 Å². The number of nitrogens with zero attached hydrogens (tertiary/aromatic N) is 3. The predicted octanol–water partition coefficient (Wildman–Crippen LogP) is 0.936. The van der Waals surface area contributed by atoms with Gasteiger partial charge in [0.25, 0.3) is 0 Å². The van der Waals surface area contributed by atoms with Crippen LogP contribution in [0.15, 0.2) is 44.2 Å². The van der Waals surface area contributed by atoms with E-state index in [-0.39, 0.29) is 28.8 Å². The number of hydrogen-bond acceptors (Lipinski definition) is 8. The first-order valence-corrected chi connectivity index (χ1v) is 9.42. The van der Waals surface area contributed by atoms with E-state index in [0.29, 0.717) is 5.89 Å². The lowest BCUT2D eigenvalue weighted by molar-refractivity contribution is -0.120. The summed E-state index contributed by atoms with van der Waals surface area (Å²) >= 11 is 0. The van der Waals surface area contributed by atoms with Gasteiger partial charge >= 0.3 is 0 Å². The normalized spacial score (nSPS) is 11.5. The van der Waals surface area contributed by atoms with Crippen LogP contribution in [-0.4, -0.2) is 36.2 Å². The number of nitrogens with one attached hydrogen (secondary N) is 2. The van der Waals surface area contributed by atoms with Gasteiger partial charge in [-0.15, -0.1) is 10.2 Å². The van der Waals surface area contributed by atoms with E-state index in [1.54, 1.807) is 0 Å². The zero-order valence-corrected chi connectivity index (χ0v) is 15.4. The highest BCUT2D eigenvalue weighted by molar-refractivity contribution is 7.89. The minimum atomic E-state index is -3.91. The van der Waals surface area contributed by atoms with Crippen LogP contribution in [0.2, 0.25) is 0 Å². The minimum absolute atomic E-state index is 0.0221. The summed E-state index contributed by atoms with van der Waals surface area (Å²) in [5.74, 6) is 0.138. The molecule has 0 saturated heterocycles. The van der Waals surface area contributed by atoms with Gasteiger partial charge in [0.05, 0.1) is 13.1 Å². The molecule has 27 heavy (non-hydrogen) atoms. The highest BCUT2D eigenvalue weighted by atomic mass is 32.2. The van der Waals surface area contributed by atoms with Crippen molar-refractivity contribution in [3.05, 3.63) is 47.7 Å². The highest BCUT2D eigenvalue weighted by Gasteiger charge is 2.24. The quantitative estimate of drug-likeness (QED) is 0.606. The van der Waals surface area contributed by atoms with Crippen molar-refractivity contribution in [3.63, 3.8) is 0 Å². The molecule has 0 aliphatic carbocycles. The van der Waals surface area contributed by atoms with Crippen LogP contribution in [0.5, 0.6) is 0 Å². The Morgan fingerprint density at radius 2 is 1.89 bits per heavy atom. The number of benzene rings is 1. The van der Waals surface area contributed by atoms with Crippen molar-refractivity contribution >= 4 is 15.9 Å². The van der Waals surface area contributed by atoms with Crippen molar-refractivity contribution in [2.24, 2.45) is 0 Å². The molecule has 1 aromatic carbocycles. The van der Waals surface area contributed by atoms with Gasteiger partial charge in [0, 0.05) is 5.56 Å². The van der Waals surface area contributed by atoms with Gasteiger partial charge in [0.2, 0.25) is 27.7 Å². The lowest BCUT2D eigenvalue weighted by atomic mass is 10.2. The highest BCUT2D eigenvalue weighted by Crippen LogP contribution is 2.18. The fraction of sp³-hybridized carbons (Fsp3) is 0.250. The Labute approximate surface area is 155 Å². The summed E-state index contributed by atoms with van der Waals surface area (Å²) in [7, 11) is -3.91. The SMILES string of the molecule is Cc1noc(C)c1S(=O)(=O)NCC(=O)NCc1nnc(-c2ccccc2)o1. The zero-order chi connectivity index (χ0) is 19.4. The Morgan fingerprint density at radius 3 is 2.56 bits per heavy atom. The van der Waals surface area contributed by atoms with Crippen molar-refractivity contribution < 1.29 is 22.2 Å². The summed E-state index contributed by atoms with van der Waals surface area (Å²) in [5.41, 5.74) is 0.981. The molecule has 0 unspecified atom stereocenters. The van der Waals surface area contributed by atoms with Crippen molar-refractivity contribution in [1.82, 2.24) is 25.4 Å². The summed E-state index contributed by atoms with van der Waals surface area (Å²) in [6.07, 6.45) is 0. The second kappa shape index (κ2) is 7.68. The van der Waals surface area contributed by atoms with E-state index in [2.05, 4.69) is 25.4 Å². The Bertz CT molecular complexity index is 1020. The average Bonchev–Trinajstić information content (AvgIpc) is 3.26. The van der Waals surface area contributed by atoms with Crippen LogP contribution in [0.1, 0.15) is 17.3 Å². The van der Waals surface area contributed by atoms with E-state index in [1.807, 2.05) is 30.3 Å². The number of rotatable bonds is 7. The molecule has 2 aromatic heterocycles. The van der Waals surface area contributed by atoms with Gasteiger partial charge in [-0.2, -0.15) is 0 Å². The molecule has 0 saturated carbocycles. The topological polar surface area (TPSA) is 140 Å². The van der Waals surface area contributed by atoms with Gasteiger partial charge in [-0.3, -0.25) is 4.79 Å². The Hall–Kier alpha value is -3.05. The van der Waals surface area contributed by atoms with Crippen molar-refractivity contribution in [3.8, 4) is 11.5 Å². The molecule has 0 fully saturated rings. The molecule has 0 bridgehead atoms. The predicted molar refractivity (Wildman–Crippen MR) is 92.7 cm³/mol. The van der Waals surface area contributed by atoms with Gasteiger partial charge in [0.1, 0.15) is 10.6 Å². The third-order valence-corrected chi connectivity index (χ3v) is 5.23. The molecule has 10 nitrogen and oxygen atoms in total. The third-order valence-electron chi connectivity index (χ3n) is 3.58. The number of aryl methyl sites for hydroxylation is 2. The van der Waals surface area contributed by atoms with Crippen LogP contribution >= 0.6 is 0 Å². The van der Waals surface area contributed by atoms with Gasteiger partial charge in [-0.1, -0.05) is 23.4 Å². The van der Waals surface area contributed by atoms with Gasteiger partial charge in [0.15, 0.2) is 5.76 Å². The number of aromatic nitrogens is 3. The summed E-state index contributed by atoms with van der Waals surface area (Å²) in [4.78, 5) is 11.8. The molecule has 0 radical (unpaired) electrons. The molecule has 3 rings (SSSR count). The Kier molecular flexibility index (Phi) is 5.33. The smallest absolute Gasteiger partial charge is 0.247 e. The van der Waals surface area contributed by atoms with E-state index in [4.69, 9.17) is 8.94 Å². The van der Waals surface area contributed by atoms with Crippen molar-refractivity contribution in [2.45, 2.75) is 25.3 Å². The van der Waals surface area contributed by atoms with Gasteiger partial charge in [-0.25, -0.2) is 13.1 Å². The molecule has 0 spiro atoms. The fourth-order valence-corrected chi connectivity index (χ4v) is 3.66. The zero-order valence-electron chi connectivity index (χ0n) is 14.6. The van der Waals surface area contributed by atoms with Crippen LogP contribution in [0, 0.1) is 13.8 Å². The summed E-state index contributed by atoms with van der Waals surface area (Å²) in [6, 6.07) is 9.18. The van der Waals surface area contributed by atoms with Crippen LogP contribution in [0.3, 0.4) is 0 Å². The molecule has 2 N–H and O–H groups in total. The monoisotopic (exact) mass is 391 g/mol. The standard InChI is InChI=1S/C16H17N5O5S/c1-10-15(11(2)26-21-10)27(23,24)18-8-13(22)17-9-14-19-20-16(25-14)12-6-4-3-5-7-12/h3-7,18H,8-9H2,1-2H3,(H,17,22). The number of carbonyl (C=O) groups is 1. The van der Waals surface area contributed by atoms with E-state index >= 15 is 0 Å². The second-order valence-electron chi connectivity index (χ2n) is 5.62. The lowest BCUT2D eigenvalue weighted by Crippen LogP contribution is -2.36. The molecule has 3 aromatic rings. The summed E-state index contributed by atoms with van der Waals surface area (Å²) in [6.45, 7) is 2.51. The number of hydrogen-bond donors (Lipinski definition) is 2. The average molecular weight is 391 g/mol. The van der Waals surface area contributed by atoms with Gasteiger partial charge in [-0.05, 0) is 26.0 Å². The first kappa shape index (κ1) is 18.7. The minimum Gasteiger partial charge on any atom is -0.419 e. The molecule has 2 heterocycles. The molecule has 1 amide bonds. The fourth-order valence-electron chi connectivity index (χ4n) is 2.35. The number of sulfonamides is 1. The molecule has 0 aliphatic rings. The first-order valence-electron chi connectivity index (χ1n) is 7.94. The second-order valence-corrected chi connectivity index (χ2v) is 7.33. The van der Waals surface area contributed by atoms with E-state index in [1.165, 1.54) is 13.8 Å². The molecular formula is C16H17N5O5S. The van der Waals surface area contributed by atoms with Crippen LogP contribution in [0.4, 0.5) is 0 Å².